The van der Waals surface area contributed by atoms with Crippen molar-refractivity contribution in [2.24, 2.45) is 0 Å². The summed E-state index contributed by atoms with van der Waals surface area (Å²) in [6.45, 7) is 1.63. The molecule has 1 N–H and O–H groups in total. The van der Waals surface area contributed by atoms with Crippen LogP contribution in [-0.2, 0) is 13.2 Å². The highest BCUT2D eigenvalue weighted by atomic mass is 35.5. The maximum absolute atomic E-state index is 5.79. The Kier molecular flexibility index (Phi) is 7.23. The van der Waals surface area contributed by atoms with Crippen molar-refractivity contribution < 1.29 is 4.74 Å². The van der Waals surface area contributed by atoms with Crippen molar-refractivity contribution in [3.05, 3.63) is 52.2 Å². The summed E-state index contributed by atoms with van der Waals surface area (Å²) in [5, 5.41) is 5.75. The predicted molar refractivity (Wildman–Crippen MR) is 96.1 cm³/mol. The molecule has 0 unspecified atom stereocenters. The first-order valence-electron chi connectivity index (χ1n) is 7.88. The van der Waals surface area contributed by atoms with Gasteiger partial charge in [0.2, 0.25) is 0 Å². The van der Waals surface area contributed by atoms with Gasteiger partial charge in [-0.25, -0.2) is 0 Å². The molecular formula is C18H24ClNOS. The van der Waals surface area contributed by atoms with E-state index in [-0.39, 0.29) is 12.4 Å². The van der Waals surface area contributed by atoms with Gasteiger partial charge in [-0.2, -0.15) is 0 Å². The molecule has 120 valence electrons. The van der Waals surface area contributed by atoms with E-state index in [0.717, 1.165) is 12.3 Å². The van der Waals surface area contributed by atoms with Gasteiger partial charge < -0.3 is 10.1 Å². The van der Waals surface area contributed by atoms with Gasteiger partial charge in [0, 0.05) is 17.5 Å². The van der Waals surface area contributed by atoms with E-state index in [9.17, 15) is 0 Å². The summed E-state index contributed by atoms with van der Waals surface area (Å²) in [5.74, 6) is 0.949. The molecule has 1 fully saturated rings. The Morgan fingerprint density at radius 3 is 2.50 bits per heavy atom. The van der Waals surface area contributed by atoms with Gasteiger partial charge in [-0.15, -0.1) is 23.7 Å². The zero-order valence-electron chi connectivity index (χ0n) is 12.8. The summed E-state index contributed by atoms with van der Waals surface area (Å²) in [7, 11) is 0. The lowest BCUT2D eigenvalue weighted by atomic mass is 9.95. The van der Waals surface area contributed by atoms with Crippen molar-refractivity contribution in [2.75, 3.05) is 0 Å². The van der Waals surface area contributed by atoms with Crippen LogP contribution in [0.3, 0.4) is 0 Å². The molecule has 0 atom stereocenters. The quantitative estimate of drug-likeness (QED) is 0.785. The molecule has 1 aliphatic carbocycles. The van der Waals surface area contributed by atoms with Crippen molar-refractivity contribution in [2.45, 2.75) is 51.3 Å². The fourth-order valence-corrected chi connectivity index (χ4v) is 3.44. The van der Waals surface area contributed by atoms with E-state index in [1.165, 1.54) is 42.5 Å². The van der Waals surface area contributed by atoms with E-state index in [1.54, 1.807) is 11.3 Å². The number of rotatable bonds is 6. The lowest BCUT2D eigenvalue weighted by Crippen LogP contribution is -2.30. The van der Waals surface area contributed by atoms with Crippen LogP contribution in [0, 0.1) is 0 Å². The molecule has 1 aromatic carbocycles. The average molecular weight is 338 g/mol. The SMILES string of the molecule is Cl.c1csc(COc2ccc(CNC3CCCCC3)cc2)c1. The summed E-state index contributed by atoms with van der Waals surface area (Å²) in [5.41, 5.74) is 1.34. The van der Waals surface area contributed by atoms with Crippen LogP contribution in [0.4, 0.5) is 0 Å². The number of benzene rings is 1. The Bertz CT molecular complexity index is 521. The summed E-state index contributed by atoms with van der Waals surface area (Å²) in [6.07, 6.45) is 6.85. The molecule has 4 heteroatoms. The normalized spacial score (nSPS) is 15.3. The molecule has 1 heterocycles. The van der Waals surface area contributed by atoms with Crippen LogP contribution in [0.1, 0.15) is 42.5 Å². The van der Waals surface area contributed by atoms with Crippen molar-refractivity contribution in [1.82, 2.24) is 5.32 Å². The lowest BCUT2D eigenvalue weighted by molar-refractivity contribution is 0.309. The number of ether oxygens (including phenoxy) is 1. The maximum atomic E-state index is 5.79. The summed E-state index contributed by atoms with van der Waals surface area (Å²) in [6, 6.07) is 13.4. The van der Waals surface area contributed by atoms with E-state index < -0.39 is 0 Å². The molecule has 1 saturated carbocycles. The van der Waals surface area contributed by atoms with Crippen molar-refractivity contribution in [1.29, 1.82) is 0 Å². The second-order valence-corrected chi connectivity index (χ2v) is 6.76. The highest BCUT2D eigenvalue weighted by Crippen LogP contribution is 2.19. The number of hydrogen-bond donors (Lipinski definition) is 1. The molecule has 1 aliphatic rings. The minimum absolute atomic E-state index is 0. The summed E-state index contributed by atoms with van der Waals surface area (Å²) >= 11 is 1.73. The molecule has 0 saturated heterocycles. The predicted octanol–water partition coefficient (Wildman–Crippen LogP) is 5.17. The van der Waals surface area contributed by atoms with Crippen LogP contribution >= 0.6 is 23.7 Å². The zero-order chi connectivity index (χ0) is 14.3. The van der Waals surface area contributed by atoms with Crippen LogP contribution in [0.2, 0.25) is 0 Å². The lowest BCUT2D eigenvalue weighted by Gasteiger charge is -2.22. The minimum Gasteiger partial charge on any atom is -0.488 e. The van der Waals surface area contributed by atoms with Crippen LogP contribution < -0.4 is 10.1 Å². The average Bonchev–Trinajstić information content (AvgIpc) is 3.06. The number of thiophene rings is 1. The molecule has 0 aliphatic heterocycles. The van der Waals surface area contributed by atoms with Gasteiger partial charge >= 0.3 is 0 Å². The van der Waals surface area contributed by atoms with Crippen molar-refractivity contribution >= 4 is 23.7 Å². The Morgan fingerprint density at radius 2 is 1.82 bits per heavy atom. The van der Waals surface area contributed by atoms with Gasteiger partial charge in [-0.3, -0.25) is 0 Å². The van der Waals surface area contributed by atoms with E-state index in [0.29, 0.717) is 12.6 Å². The molecule has 3 rings (SSSR count). The first-order chi connectivity index (χ1) is 10.4. The van der Waals surface area contributed by atoms with Crippen LogP contribution in [-0.4, -0.2) is 6.04 Å². The minimum atomic E-state index is 0. The Morgan fingerprint density at radius 1 is 1.05 bits per heavy atom. The molecule has 0 spiro atoms. The van der Waals surface area contributed by atoms with Gasteiger partial charge in [-0.05, 0) is 42.0 Å². The fourth-order valence-electron chi connectivity index (χ4n) is 2.82. The number of hydrogen-bond acceptors (Lipinski definition) is 3. The monoisotopic (exact) mass is 337 g/mol. The van der Waals surface area contributed by atoms with Gasteiger partial charge in [0.15, 0.2) is 0 Å². The molecule has 0 bridgehead atoms. The third kappa shape index (κ3) is 5.31. The Hall–Kier alpha value is -1.03. The van der Waals surface area contributed by atoms with E-state index in [2.05, 4.69) is 47.1 Å². The number of nitrogens with one attached hydrogen (secondary N) is 1. The second-order valence-electron chi connectivity index (χ2n) is 5.73. The second kappa shape index (κ2) is 9.19. The largest absolute Gasteiger partial charge is 0.488 e. The maximum Gasteiger partial charge on any atom is 0.122 e. The van der Waals surface area contributed by atoms with Gasteiger partial charge in [0.05, 0.1) is 0 Å². The van der Waals surface area contributed by atoms with Crippen molar-refractivity contribution in [3.63, 3.8) is 0 Å². The highest BCUT2D eigenvalue weighted by Gasteiger charge is 2.12. The molecular weight excluding hydrogens is 314 g/mol. The number of halogens is 1. The Balaban J connectivity index is 0.00000176. The zero-order valence-corrected chi connectivity index (χ0v) is 14.4. The van der Waals surface area contributed by atoms with Gasteiger partial charge in [0.25, 0.3) is 0 Å². The standard InChI is InChI=1S/C18H23NOS.ClH/c1-2-5-16(6-3-1)19-13-15-8-10-17(11-9-15)20-14-18-7-4-12-21-18;/h4,7-12,16,19H,1-3,5-6,13-14H2;1H. The molecule has 22 heavy (non-hydrogen) atoms. The summed E-state index contributed by atoms with van der Waals surface area (Å²) in [4.78, 5) is 1.26. The van der Waals surface area contributed by atoms with Crippen LogP contribution in [0.15, 0.2) is 41.8 Å². The first kappa shape index (κ1) is 17.3. The van der Waals surface area contributed by atoms with Crippen molar-refractivity contribution in [3.8, 4) is 5.75 Å². The molecule has 2 aromatic rings. The third-order valence-corrected chi connectivity index (χ3v) is 4.93. The van der Waals surface area contributed by atoms with E-state index >= 15 is 0 Å². The van der Waals surface area contributed by atoms with Gasteiger partial charge in [-0.1, -0.05) is 37.5 Å². The summed E-state index contributed by atoms with van der Waals surface area (Å²) < 4.78 is 5.79. The molecule has 0 amide bonds. The molecule has 2 nitrogen and oxygen atoms in total. The topological polar surface area (TPSA) is 21.3 Å². The Labute approximate surface area is 143 Å². The molecule has 1 aromatic heterocycles. The van der Waals surface area contributed by atoms with Crippen LogP contribution in [0.5, 0.6) is 5.75 Å². The fraction of sp³-hybridized carbons (Fsp3) is 0.444. The van der Waals surface area contributed by atoms with E-state index in [1.807, 2.05) is 0 Å². The first-order valence-corrected chi connectivity index (χ1v) is 8.75. The highest BCUT2D eigenvalue weighted by molar-refractivity contribution is 7.09. The smallest absolute Gasteiger partial charge is 0.122 e. The van der Waals surface area contributed by atoms with E-state index in [4.69, 9.17) is 4.74 Å². The van der Waals surface area contributed by atoms with Crippen LogP contribution in [0.25, 0.3) is 0 Å². The third-order valence-electron chi connectivity index (χ3n) is 4.08. The molecule has 0 radical (unpaired) electrons. The van der Waals surface area contributed by atoms with Gasteiger partial charge in [0.1, 0.15) is 12.4 Å².